The highest BCUT2D eigenvalue weighted by molar-refractivity contribution is 5.31. The second-order valence-corrected chi connectivity index (χ2v) is 6.05. The first-order valence-corrected chi connectivity index (χ1v) is 6.84. The fraction of sp³-hybridized carbons (Fsp3) is 0.562. The quantitative estimate of drug-likeness (QED) is 0.818. The average molecular weight is 258 g/mol. The van der Waals surface area contributed by atoms with E-state index in [4.69, 9.17) is 4.74 Å². The van der Waals surface area contributed by atoms with Crippen molar-refractivity contribution in [2.24, 2.45) is 0 Å². The van der Waals surface area contributed by atoms with Gasteiger partial charge in [-0.2, -0.15) is 5.26 Å². The average Bonchev–Trinajstić information content (AvgIpc) is 2.40. The largest absolute Gasteiger partial charge is 0.379 e. The van der Waals surface area contributed by atoms with Crippen LogP contribution in [-0.4, -0.2) is 31.2 Å². The zero-order valence-electron chi connectivity index (χ0n) is 12.0. The molecular formula is C16H22N2O. The van der Waals surface area contributed by atoms with Crippen molar-refractivity contribution in [1.29, 1.82) is 5.26 Å². The molecule has 1 saturated heterocycles. The summed E-state index contributed by atoms with van der Waals surface area (Å²) in [4.78, 5) is 2.19. The normalized spacial score (nSPS) is 18.8. The number of nitriles is 1. The van der Waals surface area contributed by atoms with Crippen LogP contribution in [0.1, 0.15) is 37.9 Å². The summed E-state index contributed by atoms with van der Waals surface area (Å²) in [5.41, 5.74) is 2.53. The van der Waals surface area contributed by atoms with Crippen molar-refractivity contribution in [2.45, 2.75) is 32.2 Å². The number of rotatable bonds is 2. The van der Waals surface area contributed by atoms with Gasteiger partial charge in [-0.3, -0.25) is 4.90 Å². The predicted octanol–water partition coefficient (Wildman–Crippen LogP) is 2.88. The topological polar surface area (TPSA) is 36.3 Å². The lowest BCUT2D eigenvalue weighted by Crippen LogP contribution is -2.38. The molecular weight excluding hydrogens is 236 g/mol. The van der Waals surface area contributed by atoms with Crippen molar-refractivity contribution in [3.05, 3.63) is 35.4 Å². The van der Waals surface area contributed by atoms with E-state index in [1.807, 2.05) is 0 Å². The first-order chi connectivity index (χ1) is 9.02. The second kappa shape index (κ2) is 5.73. The van der Waals surface area contributed by atoms with E-state index in [0.717, 1.165) is 31.9 Å². The Morgan fingerprint density at radius 2 is 1.74 bits per heavy atom. The highest BCUT2D eigenvalue weighted by Gasteiger charge is 2.22. The van der Waals surface area contributed by atoms with Gasteiger partial charge in [0, 0.05) is 13.1 Å². The van der Waals surface area contributed by atoms with Crippen LogP contribution >= 0.6 is 0 Å². The minimum absolute atomic E-state index is 0.152. The molecule has 1 aliphatic rings. The van der Waals surface area contributed by atoms with Crippen LogP contribution < -0.4 is 0 Å². The van der Waals surface area contributed by atoms with Gasteiger partial charge < -0.3 is 4.74 Å². The van der Waals surface area contributed by atoms with Crippen LogP contribution in [0.4, 0.5) is 0 Å². The van der Waals surface area contributed by atoms with Gasteiger partial charge in [0.05, 0.1) is 19.3 Å². The molecule has 1 aliphatic heterocycles. The number of nitrogens with zero attached hydrogens (tertiary/aromatic N) is 2. The molecule has 0 bridgehead atoms. The Bertz CT molecular complexity index is 447. The molecule has 1 aromatic carbocycles. The third kappa shape index (κ3) is 3.34. The number of hydrogen-bond donors (Lipinski definition) is 0. The Hall–Kier alpha value is -1.37. The zero-order chi connectivity index (χ0) is 13.9. The Labute approximate surface area is 115 Å². The molecule has 1 fully saturated rings. The maximum absolute atomic E-state index is 9.43. The van der Waals surface area contributed by atoms with Gasteiger partial charge in [0.15, 0.2) is 0 Å². The summed E-state index contributed by atoms with van der Waals surface area (Å²) in [6.45, 7) is 9.71. The number of morpholine rings is 1. The molecule has 1 unspecified atom stereocenters. The Balaban J connectivity index is 2.17. The van der Waals surface area contributed by atoms with Gasteiger partial charge in [0.1, 0.15) is 6.04 Å². The highest BCUT2D eigenvalue weighted by Crippen LogP contribution is 2.26. The summed E-state index contributed by atoms with van der Waals surface area (Å²) in [6, 6.07) is 10.7. The fourth-order valence-corrected chi connectivity index (χ4v) is 2.37. The van der Waals surface area contributed by atoms with Crippen LogP contribution in [0.15, 0.2) is 24.3 Å². The molecule has 0 saturated carbocycles. The molecule has 0 N–H and O–H groups in total. The maximum Gasteiger partial charge on any atom is 0.124 e. The van der Waals surface area contributed by atoms with Gasteiger partial charge in [-0.05, 0) is 16.5 Å². The minimum atomic E-state index is -0.155. The summed E-state index contributed by atoms with van der Waals surface area (Å²) >= 11 is 0. The first kappa shape index (κ1) is 14.0. The maximum atomic E-state index is 9.43. The Kier molecular flexibility index (Phi) is 4.24. The number of hydrogen-bond acceptors (Lipinski definition) is 3. The molecule has 0 spiro atoms. The lowest BCUT2D eigenvalue weighted by atomic mass is 9.86. The lowest BCUT2D eigenvalue weighted by molar-refractivity contribution is 0.0266. The summed E-state index contributed by atoms with van der Waals surface area (Å²) < 4.78 is 5.34. The van der Waals surface area contributed by atoms with Crippen molar-refractivity contribution in [3.8, 4) is 6.07 Å². The molecule has 0 aromatic heterocycles. The molecule has 102 valence electrons. The molecule has 2 rings (SSSR count). The van der Waals surface area contributed by atoms with E-state index in [0.29, 0.717) is 0 Å². The molecule has 19 heavy (non-hydrogen) atoms. The summed E-state index contributed by atoms with van der Waals surface area (Å²) in [6.07, 6.45) is 0. The van der Waals surface area contributed by atoms with Crippen LogP contribution in [0.25, 0.3) is 0 Å². The Morgan fingerprint density at radius 1 is 1.16 bits per heavy atom. The van der Waals surface area contributed by atoms with Crippen molar-refractivity contribution in [1.82, 2.24) is 4.90 Å². The highest BCUT2D eigenvalue weighted by atomic mass is 16.5. The van der Waals surface area contributed by atoms with Crippen molar-refractivity contribution in [2.75, 3.05) is 26.3 Å². The molecule has 0 aliphatic carbocycles. The van der Waals surface area contributed by atoms with Gasteiger partial charge in [-0.15, -0.1) is 0 Å². The fourth-order valence-electron chi connectivity index (χ4n) is 2.37. The van der Waals surface area contributed by atoms with Crippen LogP contribution in [0.5, 0.6) is 0 Å². The summed E-state index contributed by atoms with van der Waals surface area (Å²) in [5.74, 6) is 0. The molecule has 0 amide bonds. The monoisotopic (exact) mass is 258 g/mol. The van der Waals surface area contributed by atoms with E-state index in [1.54, 1.807) is 0 Å². The van der Waals surface area contributed by atoms with Gasteiger partial charge in [0.25, 0.3) is 0 Å². The SMILES string of the molecule is CC(C)(C)c1ccc(C(C#N)N2CCOCC2)cc1. The second-order valence-electron chi connectivity index (χ2n) is 6.05. The minimum Gasteiger partial charge on any atom is -0.379 e. The molecule has 1 atom stereocenters. The summed E-state index contributed by atoms with van der Waals surface area (Å²) in [5, 5.41) is 9.43. The van der Waals surface area contributed by atoms with Crippen LogP contribution in [0, 0.1) is 11.3 Å². The molecule has 1 aromatic rings. The molecule has 3 heteroatoms. The van der Waals surface area contributed by atoms with Crippen molar-refractivity contribution in [3.63, 3.8) is 0 Å². The van der Waals surface area contributed by atoms with Gasteiger partial charge in [-0.1, -0.05) is 45.0 Å². The van der Waals surface area contributed by atoms with Crippen molar-refractivity contribution >= 4 is 0 Å². The van der Waals surface area contributed by atoms with E-state index in [2.05, 4.69) is 56.0 Å². The van der Waals surface area contributed by atoms with Crippen LogP contribution in [0.3, 0.4) is 0 Å². The van der Waals surface area contributed by atoms with Crippen LogP contribution in [-0.2, 0) is 10.2 Å². The van der Waals surface area contributed by atoms with Gasteiger partial charge in [-0.25, -0.2) is 0 Å². The molecule has 1 heterocycles. The van der Waals surface area contributed by atoms with E-state index >= 15 is 0 Å². The zero-order valence-corrected chi connectivity index (χ0v) is 12.0. The van der Waals surface area contributed by atoms with E-state index in [-0.39, 0.29) is 11.5 Å². The number of ether oxygens (including phenoxy) is 1. The van der Waals surface area contributed by atoms with Gasteiger partial charge >= 0.3 is 0 Å². The predicted molar refractivity (Wildman–Crippen MR) is 75.9 cm³/mol. The third-order valence-corrected chi connectivity index (χ3v) is 3.63. The third-order valence-electron chi connectivity index (χ3n) is 3.63. The smallest absolute Gasteiger partial charge is 0.124 e. The van der Waals surface area contributed by atoms with E-state index in [9.17, 15) is 5.26 Å². The standard InChI is InChI=1S/C16H22N2O/c1-16(2,3)14-6-4-13(5-7-14)15(12-17)18-8-10-19-11-9-18/h4-7,15H,8-11H2,1-3H3. The number of benzene rings is 1. The van der Waals surface area contributed by atoms with E-state index in [1.165, 1.54) is 5.56 Å². The van der Waals surface area contributed by atoms with Crippen LogP contribution in [0.2, 0.25) is 0 Å². The molecule has 0 radical (unpaired) electrons. The van der Waals surface area contributed by atoms with Gasteiger partial charge in [0.2, 0.25) is 0 Å². The van der Waals surface area contributed by atoms with Crippen molar-refractivity contribution < 1.29 is 4.74 Å². The Morgan fingerprint density at radius 3 is 2.21 bits per heavy atom. The first-order valence-electron chi connectivity index (χ1n) is 6.84. The molecule has 3 nitrogen and oxygen atoms in total. The lowest BCUT2D eigenvalue weighted by Gasteiger charge is -2.31. The van der Waals surface area contributed by atoms with E-state index < -0.39 is 0 Å². The summed E-state index contributed by atoms with van der Waals surface area (Å²) in [7, 11) is 0.